The van der Waals surface area contributed by atoms with Gasteiger partial charge in [0.05, 0.1) is 10.4 Å². The highest BCUT2D eigenvalue weighted by Gasteiger charge is 2.32. The molecule has 0 amide bonds. The molecule has 1 aromatic rings. The van der Waals surface area contributed by atoms with Crippen LogP contribution < -0.4 is 5.73 Å². The van der Waals surface area contributed by atoms with Gasteiger partial charge in [0.1, 0.15) is 0 Å². The predicted octanol–water partition coefficient (Wildman–Crippen LogP) is 2.76. The van der Waals surface area contributed by atoms with Crippen LogP contribution in [0.1, 0.15) is 41.9 Å². The van der Waals surface area contributed by atoms with Crippen LogP contribution >= 0.6 is 11.3 Å². The summed E-state index contributed by atoms with van der Waals surface area (Å²) in [5.41, 5.74) is 6.42. The number of hydrogen-bond acceptors (Lipinski definition) is 3. The van der Waals surface area contributed by atoms with Gasteiger partial charge in [-0.25, -0.2) is 0 Å². The van der Waals surface area contributed by atoms with Crippen molar-refractivity contribution in [1.29, 1.82) is 0 Å². The number of aryl methyl sites for hydroxylation is 1. The molecule has 0 atom stereocenters. The molecule has 0 saturated heterocycles. The van der Waals surface area contributed by atoms with Crippen LogP contribution in [0.5, 0.6) is 0 Å². The standard InChI is InChI=1S/C11H17NOS/c1-4-11(12,5-2)10(13)9-8(3)6-7-14-9/h6-7H,4-5,12H2,1-3H3. The zero-order valence-corrected chi connectivity index (χ0v) is 9.78. The van der Waals surface area contributed by atoms with Gasteiger partial charge < -0.3 is 5.73 Å². The summed E-state index contributed by atoms with van der Waals surface area (Å²) < 4.78 is 0. The van der Waals surface area contributed by atoms with Gasteiger partial charge in [-0.2, -0.15) is 0 Å². The molecule has 0 radical (unpaired) electrons. The normalized spacial score (nSPS) is 11.7. The summed E-state index contributed by atoms with van der Waals surface area (Å²) in [7, 11) is 0. The van der Waals surface area contributed by atoms with E-state index in [1.807, 2.05) is 32.2 Å². The van der Waals surface area contributed by atoms with Gasteiger partial charge in [-0.1, -0.05) is 13.8 Å². The molecule has 0 spiro atoms. The van der Waals surface area contributed by atoms with E-state index in [-0.39, 0.29) is 5.78 Å². The van der Waals surface area contributed by atoms with E-state index in [4.69, 9.17) is 5.73 Å². The van der Waals surface area contributed by atoms with Gasteiger partial charge >= 0.3 is 0 Å². The Labute approximate surface area is 89.1 Å². The average molecular weight is 211 g/mol. The molecule has 14 heavy (non-hydrogen) atoms. The molecule has 0 aromatic carbocycles. The van der Waals surface area contributed by atoms with E-state index in [0.29, 0.717) is 12.8 Å². The molecule has 1 heterocycles. The Morgan fingerprint density at radius 2 is 2.07 bits per heavy atom. The molecule has 1 rings (SSSR count). The average Bonchev–Trinajstić information content (AvgIpc) is 2.62. The number of nitrogens with two attached hydrogens (primary N) is 1. The van der Waals surface area contributed by atoms with Crippen LogP contribution in [0.25, 0.3) is 0 Å². The molecule has 2 nitrogen and oxygen atoms in total. The summed E-state index contributed by atoms with van der Waals surface area (Å²) in [6.07, 6.45) is 1.39. The summed E-state index contributed by atoms with van der Waals surface area (Å²) >= 11 is 1.49. The summed E-state index contributed by atoms with van der Waals surface area (Å²) in [5.74, 6) is 0.0926. The monoisotopic (exact) mass is 211 g/mol. The van der Waals surface area contributed by atoms with Gasteiger partial charge in [0.15, 0.2) is 5.78 Å². The minimum absolute atomic E-state index is 0.0926. The second kappa shape index (κ2) is 4.24. The first-order chi connectivity index (χ1) is 6.55. The molecule has 1 aromatic heterocycles. The van der Waals surface area contributed by atoms with Crippen LogP contribution in [0.15, 0.2) is 11.4 Å². The van der Waals surface area contributed by atoms with Crippen molar-refractivity contribution in [2.24, 2.45) is 5.73 Å². The van der Waals surface area contributed by atoms with Gasteiger partial charge in [-0.3, -0.25) is 4.79 Å². The topological polar surface area (TPSA) is 43.1 Å². The van der Waals surface area contributed by atoms with Crippen molar-refractivity contribution < 1.29 is 4.79 Å². The summed E-state index contributed by atoms with van der Waals surface area (Å²) in [6.45, 7) is 5.88. The number of carbonyl (C=O) groups excluding carboxylic acids is 1. The Morgan fingerprint density at radius 3 is 2.43 bits per heavy atom. The lowest BCUT2D eigenvalue weighted by molar-refractivity contribution is 0.0883. The number of thiophene rings is 1. The van der Waals surface area contributed by atoms with Crippen LogP contribution in [-0.4, -0.2) is 11.3 Å². The summed E-state index contributed by atoms with van der Waals surface area (Å²) in [4.78, 5) is 12.9. The first-order valence-electron chi connectivity index (χ1n) is 4.93. The van der Waals surface area contributed by atoms with Crippen LogP contribution in [0.4, 0.5) is 0 Å². The fraction of sp³-hybridized carbons (Fsp3) is 0.545. The van der Waals surface area contributed by atoms with Gasteiger partial charge in [-0.15, -0.1) is 11.3 Å². The molecule has 0 saturated carbocycles. The van der Waals surface area contributed by atoms with Gasteiger partial charge in [0.2, 0.25) is 0 Å². The van der Waals surface area contributed by atoms with Crippen molar-refractivity contribution in [3.05, 3.63) is 21.9 Å². The van der Waals surface area contributed by atoms with Crippen LogP contribution in [-0.2, 0) is 0 Å². The SMILES string of the molecule is CCC(N)(CC)C(=O)c1sccc1C. The number of ketones is 1. The van der Waals surface area contributed by atoms with Crippen molar-refractivity contribution in [2.75, 3.05) is 0 Å². The zero-order valence-electron chi connectivity index (χ0n) is 8.96. The maximum Gasteiger partial charge on any atom is 0.192 e. The number of hydrogen-bond donors (Lipinski definition) is 1. The van der Waals surface area contributed by atoms with Gasteiger partial charge in [0.25, 0.3) is 0 Å². The van der Waals surface area contributed by atoms with Crippen LogP contribution in [0.2, 0.25) is 0 Å². The molecule has 0 aliphatic rings. The minimum atomic E-state index is -0.671. The molecular weight excluding hydrogens is 194 g/mol. The van der Waals surface area contributed by atoms with Gasteiger partial charge in [0, 0.05) is 0 Å². The smallest absolute Gasteiger partial charge is 0.192 e. The number of Topliss-reactive ketones (excluding diaryl/α,β-unsaturated/α-hetero) is 1. The molecule has 2 N–H and O–H groups in total. The summed E-state index contributed by atoms with van der Waals surface area (Å²) in [5, 5.41) is 1.94. The van der Waals surface area contributed by atoms with E-state index in [1.54, 1.807) is 0 Å². The fourth-order valence-electron chi connectivity index (χ4n) is 1.40. The molecule has 0 fully saturated rings. The van der Waals surface area contributed by atoms with Crippen molar-refractivity contribution in [2.45, 2.75) is 39.2 Å². The number of carbonyl (C=O) groups is 1. The molecule has 3 heteroatoms. The van der Waals surface area contributed by atoms with Crippen molar-refractivity contribution in [1.82, 2.24) is 0 Å². The van der Waals surface area contributed by atoms with Gasteiger partial charge in [-0.05, 0) is 36.8 Å². The maximum absolute atomic E-state index is 12.1. The molecule has 0 bridgehead atoms. The lowest BCUT2D eigenvalue weighted by atomic mass is 9.87. The van der Waals surface area contributed by atoms with E-state index < -0.39 is 5.54 Å². The third kappa shape index (κ3) is 1.88. The third-order valence-electron chi connectivity index (χ3n) is 2.78. The molecule has 0 unspecified atom stereocenters. The first kappa shape index (κ1) is 11.4. The van der Waals surface area contributed by atoms with Crippen LogP contribution in [0, 0.1) is 6.92 Å². The van der Waals surface area contributed by atoms with Crippen molar-refractivity contribution in [3.8, 4) is 0 Å². The Balaban J connectivity index is 3.01. The maximum atomic E-state index is 12.1. The minimum Gasteiger partial charge on any atom is -0.319 e. The van der Waals surface area contributed by atoms with E-state index >= 15 is 0 Å². The Kier molecular flexibility index (Phi) is 3.45. The van der Waals surface area contributed by atoms with E-state index in [1.165, 1.54) is 11.3 Å². The fourth-order valence-corrected chi connectivity index (χ4v) is 2.38. The highest BCUT2D eigenvalue weighted by Crippen LogP contribution is 2.24. The highest BCUT2D eigenvalue weighted by atomic mass is 32.1. The molecule has 78 valence electrons. The Hall–Kier alpha value is -0.670. The quantitative estimate of drug-likeness (QED) is 0.778. The van der Waals surface area contributed by atoms with E-state index in [9.17, 15) is 4.79 Å². The van der Waals surface area contributed by atoms with E-state index in [0.717, 1.165) is 10.4 Å². The Bertz CT molecular complexity index is 326. The van der Waals surface area contributed by atoms with Crippen molar-refractivity contribution in [3.63, 3.8) is 0 Å². The predicted molar refractivity (Wildman–Crippen MR) is 60.9 cm³/mol. The van der Waals surface area contributed by atoms with E-state index in [2.05, 4.69) is 0 Å². The first-order valence-corrected chi connectivity index (χ1v) is 5.81. The molecule has 0 aliphatic heterocycles. The second-order valence-electron chi connectivity index (χ2n) is 3.63. The lowest BCUT2D eigenvalue weighted by Crippen LogP contribution is -2.46. The number of rotatable bonds is 4. The lowest BCUT2D eigenvalue weighted by Gasteiger charge is -2.24. The third-order valence-corrected chi connectivity index (χ3v) is 3.80. The highest BCUT2D eigenvalue weighted by molar-refractivity contribution is 7.12. The second-order valence-corrected chi connectivity index (χ2v) is 4.54. The van der Waals surface area contributed by atoms with Crippen molar-refractivity contribution >= 4 is 17.1 Å². The summed E-state index contributed by atoms with van der Waals surface area (Å²) in [6, 6.07) is 1.96. The van der Waals surface area contributed by atoms with Crippen LogP contribution in [0.3, 0.4) is 0 Å². The molecule has 0 aliphatic carbocycles. The zero-order chi connectivity index (χ0) is 10.8. The Morgan fingerprint density at radius 1 is 1.50 bits per heavy atom. The largest absolute Gasteiger partial charge is 0.319 e. The molecular formula is C11H17NOS.